The predicted molar refractivity (Wildman–Crippen MR) is 79.4 cm³/mol. The molecule has 2 aliphatic rings. The van der Waals surface area contributed by atoms with E-state index >= 15 is 0 Å². The summed E-state index contributed by atoms with van der Waals surface area (Å²) < 4.78 is 0. The lowest BCUT2D eigenvalue weighted by atomic mass is 9.95. The Balaban J connectivity index is 1.46. The lowest BCUT2D eigenvalue weighted by Crippen LogP contribution is -2.49. The Bertz CT molecular complexity index is 484. The zero-order chi connectivity index (χ0) is 13.9. The molecule has 1 aliphatic heterocycles. The van der Waals surface area contributed by atoms with Crippen LogP contribution in [-0.2, 0) is 17.8 Å². The number of hydrogen-bond acceptors (Lipinski definition) is 3. The largest absolute Gasteiger partial charge is 0.353 e. The van der Waals surface area contributed by atoms with Crippen LogP contribution in [-0.4, -0.2) is 43.0 Å². The summed E-state index contributed by atoms with van der Waals surface area (Å²) in [5, 5.41) is 6.38. The Morgan fingerprint density at radius 2 is 2.10 bits per heavy atom. The first-order chi connectivity index (χ1) is 9.74. The minimum atomic E-state index is -0.0869. The number of carbonyl (C=O) groups excluding carboxylic acids is 1. The number of fused-ring (bicyclic) bond motifs is 1. The van der Waals surface area contributed by atoms with Crippen molar-refractivity contribution in [1.29, 1.82) is 0 Å². The molecule has 108 valence electrons. The molecule has 1 unspecified atom stereocenters. The van der Waals surface area contributed by atoms with Gasteiger partial charge in [0.2, 0.25) is 5.91 Å². The molecule has 1 fully saturated rings. The number of nitrogens with zero attached hydrogens (tertiary/aromatic N) is 1. The molecule has 0 aromatic heterocycles. The zero-order valence-electron chi connectivity index (χ0n) is 12.1. The minimum absolute atomic E-state index is 0.0869. The second kappa shape index (κ2) is 5.94. The smallest absolute Gasteiger partial charge is 0.237 e. The normalized spacial score (nSPS) is 21.6. The summed E-state index contributed by atoms with van der Waals surface area (Å²) in [7, 11) is 2.14. The molecule has 1 saturated carbocycles. The van der Waals surface area contributed by atoms with Gasteiger partial charge in [-0.2, -0.15) is 0 Å². The molecule has 1 aliphatic carbocycles. The van der Waals surface area contributed by atoms with E-state index in [1.807, 2.05) is 6.07 Å². The van der Waals surface area contributed by atoms with Crippen molar-refractivity contribution in [3.63, 3.8) is 0 Å². The molecular formula is C16H23N3O. The standard InChI is InChI=1S/C16H23N3O/c1-19(14-6-7-14)9-8-17-16(20)15-10-12-4-2-3-5-13(12)11-18-15/h2-5,14-15,18H,6-11H2,1H3,(H,17,20). The number of rotatable bonds is 5. The number of likely N-dealkylation sites (N-methyl/N-ethyl adjacent to an activating group) is 1. The van der Waals surface area contributed by atoms with Crippen molar-refractivity contribution in [3.05, 3.63) is 35.4 Å². The SMILES string of the molecule is CN(CCNC(=O)C1Cc2ccccc2CN1)C1CC1. The molecule has 3 rings (SSSR count). The third kappa shape index (κ3) is 3.19. The van der Waals surface area contributed by atoms with Gasteiger partial charge in [0.25, 0.3) is 0 Å². The Hall–Kier alpha value is -1.39. The topological polar surface area (TPSA) is 44.4 Å². The first kappa shape index (κ1) is 13.6. The summed E-state index contributed by atoms with van der Waals surface area (Å²) in [5.41, 5.74) is 2.60. The third-order valence-corrected chi connectivity index (χ3v) is 4.33. The molecule has 20 heavy (non-hydrogen) atoms. The summed E-state index contributed by atoms with van der Waals surface area (Å²) in [4.78, 5) is 14.5. The molecule has 4 nitrogen and oxygen atoms in total. The second-order valence-corrected chi connectivity index (χ2v) is 5.91. The summed E-state index contributed by atoms with van der Waals surface area (Å²) >= 11 is 0. The lowest BCUT2D eigenvalue weighted by Gasteiger charge is -2.25. The summed E-state index contributed by atoms with van der Waals surface area (Å²) in [5.74, 6) is 0.128. The van der Waals surface area contributed by atoms with Crippen molar-refractivity contribution >= 4 is 5.91 Å². The number of amides is 1. The van der Waals surface area contributed by atoms with Gasteiger partial charge in [0, 0.05) is 25.7 Å². The summed E-state index contributed by atoms with van der Waals surface area (Å²) in [6, 6.07) is 9.01. The Kier molecular flexibility index (Phi) is 4.03. The number of benzene rings is 1. The van der Waals surface area contributed by atoms with E-state index in [1.54, 1.807) is 0 Å². The predicted octanol–water partition coefficient (Wildman–Crippen LogP) is 0.911. The maximum absolute atomic E-state index is 12.2. The first-order valence-corrected chi connectivity index (χ1v) is 7.52. The van der Waals surface area contributed by atoms with Crippen LogP contribution in [0, 0.1) is 0 Å². The monoisotopic (exact) mass is 273 g/mol. The van der Waals surface area contributed by atoms with Gasteiger partial charge >= 0.3 is 0 Å². The van der Waals surface area contributed by atoms with E-state index < -0.39 is 0 Å². The van der Waals surface area contributed by atoms with E-state index in [2.05, 4.69) is 40.8 Å². The summed E-state index contributed by atoms with van der Waals surface area (Å²) in [6.07, 6.45) is 3.41. The zero-order valence-corrected chi connectivity index (χ0v) is 12.1. The molecule has 0 saturated heterocycles. The molecule has 1 aromatic rings. The van der Waals surface area contributed by atoms with Gasteiger partial charge in [0.15, 0.2) is 0 Å². The molecule has 1 aromatic carbocycles. The maximum atomic E-state index is 12.2. The Morgan fingerprint density at radius 1 is 1.35 bits per heavy atom. The van der Waals surface area contributed by atoms with Gasteiger partial charge in [-0.05, 0) is 37.4 Å². The van der Waals surface area contributed by atoms with Crippen LogP contribution in [0.1, 0.15) is 24.0 Å². The first-order valence-electron chi connectivity index (χ1n) is 7.52. The van der Waals surface area contributed by atoms with E-state index in [0.29, 0.717) is 0 Å². The van der Waals surface area contributed by atoms with E-state index in [4.69, 9.17) is 0 Å². The minimum Gasteiger partial charge on any atom is -0.353 e. The highest BCUT2D eigenvalue weighted by atomic mass is 16.2. The van der Waals surface area contributed by atoms with Crippen molar-refractivity contribution in [2.75, 3.05) is 20.1 Å². The molecule has 0 radical (unpaired) electrons. The molecular weight excluding hydrogens is 250 g/mol. The third-order valence-electron chi connectivity index (χ3n) is 4.33. The van der Waals surface area contributed by atoms with Gasteiger partial charge in [-0.25, -0.2) is 0 Å². The molecule has 1 heterocycles. The molecule has 1 atom stereocenters. The summed E-state index contributed by atoms with van der Waals surface area (Å²) in [6.45, 7) is 2.47. The molecule has 4 heteroatoms. The van der Waals surface area contributed by atoms with E-state index in [9.17, 15) is 4.79 Å². The van der Waals surface area contributed by atoms with Gasteiger partial charge in [-0.3, -0.25) is 4.79 Å². The van der Waals surface area contributed by atoms with E-state index in [0.717, 1.165) is 32.1 Å². The highest BCUT2D eigenvalue weighted by Gasteiger charge is 2.26. The van der Waals surface area contributed by atoms with E-state index in [-0.39, 0.29) is 11.9 Å². The maximum Gasteiger partial charge on any atom is 0.237 e. The van der Waals surface area contributed by atoms with Crippen LogP contribution in [0.5, 0.6) is 0 Å². The van der Waals surface area contributed by atoms with Gasteiger partial charge in [0.05, 0.1) is 6.04 Å². The van der Waals surface area contributed by atoms with Gasteiger partial charge in [0.1, 0.15) is 0 Å². The van der Waals surface area contributed by atoms with Gasteiger partial charge in [-0.15, -0.1) is 0 Å². The highest BCUT2D eigenvalue weighted by Crippen LogP contribution is 2.24. The fourth-order valence-corrected chi connectivity index (χ4v) is 2.82. The van der Waals surface area contributed by atoms with Gasteiger partial charge < -0.3 is 15.5 Å². The molecule has 2 N–H and O–H groups in total. The fourth-order valence-electron chi connectivity index (χ4n) is 2.82. The van der Waals surface area contributed by atoms with Crippen molar-refractivity contribution in [1.82, 2.24) is 15.5 Å². The van der Waals surface area contributed by atoms with Crippen molar-refractivity contribution in [3.8, 4) is 0 Å². The van der Waals surface area contributed by atoms with Crippen molar-refractivity contribution in [2.24, 2.45) is 0 Å². The van der Waals surface area contributed by atoms with Crippen LogP contribution < -0.4 is 10.6 Å². The van der Waals surface area contributed by atoms with Crippen LogP contribution >= 0.6 is 0 Å². The Labute approximate surface area is 120 Å². The second-order valence-electron chi connectivity index (χ2n) is 5.91. The highest BCUT2D eigenvalue weighted by molar-refractivity contribution is 5.82. The van der Waals surface area contributed by atoms with Gasteiger partial charge in [-0.1, -0.05) is 24.3 Å². The van der Waals surface area contributed by atoms with Crippen LogP contribution in [0.25, 0.3) is 0 Å². The molecule has 1 amide bonds. The molecule has 0 bridgehead atoms. The number of hydrogen-bond donors (Lipinski definition) is 2. The van der Waals surface area contributed by atoms with Crippen molar-refractivity contribution < 1.29 is 4.79 Å². The number of carbonyl (C=O) groups is 1. The van der Waals surface area contributed by atoms with Crippen LogP contribution in [0.4, 0.5) is 0 Å². The van der Waals surface area contributed by atoms with Crippen LogP contribution in [0.2, 0.25) is 0 Å². The van der Waals surface area contributed by atoms with E-state index in [1.165, 1.54) is 24.0 Å². The average molecular weight is 273 g/mol. The van der Waals surface area contributed by atoms with Crippen LogP contribution in [0.3, 0.4) is 0 Å². The average Bonchev–Trinajstić information content (AvgIpc) is 3.31. The Morgan fingerprint density at radius 3 is 2.85 bits per heavy atom. The van der Waals surface area contributed by atoms with Crippen LogP contribution in [0.15, 0.2) is 24.3 Å². The van der Waals surface area contributed by atoms with Crippen molar-refractivity contribution in [2.45, 2.75) is 37.9 Å². The lowest BCUT2D eigenvalue weighted by molar-refractivity contribution is -0.123. The fraction of sp³-hybridized carbons (Fsp3) is 0.562. The number of nitrogens with one attached hydrogen (secondary N) is 2. The molecule has 0 spiro atoms. The quantitative estimate of drug-likeness (QED) is 0.838.